The Hall–Kier alpha value is -1.57. The maximum absolute atomic E-state index is 10.4. The molecule has 0 unspecified atom stereocenters. The van der Waals surface area contributed by atoms with Crippen molar-refractivity contribution in [2.24, 2.45) is 0 Å². The van der Waals surface area contributed by atoms with Crippen LogP contribution in [0.2, 0.25) is 0 Å². The fourth-order valence-corrected chi connectivity index (χ4v) is 2.64. The van der Waals surface area contributed by atoms with E-state index < -0.39 is 5.97 Å². The highest BCUT2D eigenvalue weighted by Crippen LogP contribution is 2.10. The first-order chi connectivity index (χ1) is 12.8. The van der Waals surface area contributed by atoms with E-state index in [2.05, 4.69) is 55.5 Å². The van der Waals surface area contributed by atoms with E-state index in [0.717, 1.165) is 32.1 Å². The molecular weight excluding hydrogens is 320 g/mol. The topological polar surface area (TPSA) is 37.3 Å². The van der Waals surface area contributed by atoms with Gasteiger partial charge in [-0.3, -0.25) is 4.79 Å². The van der Waals surface area contributed by atoms with Crippen molar-refractivity contribution in [3.8, 4) is 0 Å². The second-order valence-corrected chi connectivity index (χ2v) is 6.79. The number of hydrogen-bond acceptors (Lipinski definition) is 1. The van der Waals surface area contributed by atoms with Crippen LogP contribution in [0.15, 0.2) is 48.6 Å². The molecule has 0 saturated heterocycles. The van der Waals surface area contributed by atoms with Gasteiger partial charge in [-0.25, -0.2) is 0 Å². The number of carboxylic acids is 1. The van der Waals surface area contributed by atoms with Gasteiger partial charge < -0.3 is 5.11 Å². The number of aliphatic carboxylic acids is 1. The molecule has 0 aliphatic carbocycles. The zero-order chi connectivity index (χ0) is 19.1. The molecule has 0 fully saturated rings. The maximum atomic E-state index is 10.4. The third-order valence-electron chi connectivity index (χ3n) is 4.20. The minimum Gasteiger partial charge on any atom is -0.481 e. The van der Waals surface area contributed by atoms with E-state index in [4.69, 9.17) is 5.11 Å². The van der Waals surface area contributed by atoms with Gasteiger partial charge in [0.05, 0.1) is 0 Å². The minimum absolute atomic E-state index is 0.325. The van der Waals surface area contributed by atoms with Gasteiger partial charge in [0, 0.05) is 6.42 Å². The van der Waals surface area contributed by atoms with E-state index in [1.807, 2.05) is 0 Å². The zero-order valence-electron chi connectivity index (χ0n) is 16.9. The van der Waals surface area contributed by atoms with Crippen LogP contribution < -0.4 is 0 Å². The number of hydrogen-bond donors (Lipinski definition) is 1. The summed E-state index contributed by atoms with van der Waals surface area (Å²) in [4.78, 5) is 10.4. The Kier molecular flexibility index (Phi) is 20.2. The van der Waals surface area contributed by atoms with Crippen molar-refractivity contribution in [2.75, 3.05) is 0 Å². The van der Waals surface area contributed by atoms with Gasteiger partial charge in [0.2, 0.25) is 0 Å². The quantitative estimate of drug-likeness (QED) is 0.200. The van der Waals surface area contributed by atoms with Crippen LogP contribution in [0.3, 0.4) is 0 Å². The Balaban J connectivity index is 3.30. The summed E-state index contributed by atoms with van der Waals surface area (Å²) in [5.41, 5.74) is 0. The third kappa shape index (κ3) is 22.4. The number of allylic oxidation sites excluding steroid dienone is 8. The Bertz CT molecular complexity index is 416. The van der Waals surface area contributed by atoms with Crippen LogP contribution in [0.25, 0.3) is 0 Å². The molecule has 148 valence electrons. The van der Waals surface area contributed by atoms with Gasteiger partial charge in [0.15, 0.2) is 0 Å². The molecule has 2 heteroatoms. The van der Waals surface area contributed by atoms with Gasteiger partial charge in [-0.15, -0.1) is 0 Å². The third-order valence-corrected chi connectivity index (χ3v) is 4.20. The van der Waals surface area contributed by atoms with E-state index in [-0.39, 0.29) is 0 Å². The molecule has 0 atom stereocenters. The molecule has 0 aromatic carbocycles. The fraction of sp³-hybridized carbons (Fsp3) is 0.625. The van der Waals surface area contributed by atoms with Gasteiger partial charge in [-0.1, -0.05) is 94.1 Å². The molecule has 26 heavy (non-hydrogen) atoms. The minimum atomic E-state index is -0.668. The maximum Gasteiger partial charge on any atom is 0.303 e. The summed E-state index contributed by atoms with van der Waals surface area (Å²) in [5.74, 6) is -0.668. The summed E-state index contributed by atoms with van der Waals surface area (Å²) in [6.45, 7) is 2.20. The lowest BCUT2D eigenvalue weighted by atomic mass is 10.1. The Labute approximate surface area is 161 Å². The van der Waals surface area contributed by atoms with Gasteiger partial charge >= 0.3 is 5.97 Å². The molecule has 0 rings (SSSR count). The SMILES string of the molecule is CCCC=CCC=CCC=CCC=CCCCCCCCCCC(=O)O. The average Bonchev–Trinajstić information content (AvgIpc) is 2.62. The number of carbonyl (C=O) groups is 1. The highest BCUT2D eigenvalue weighted by atomic mass is 16.4. The van der Waals surface area contributed by atoms with E-state index in [1.165, 1.54) is 51.4 Å². The summed E-state index contributed by atoms with van der Waals surface area (Å²) in [6, 6.07) is 0. The first kappa shape index (κ1) is 24.4. The molecule has 0 amide bonds. The lowest BCUT2D eigenvalue weighted by Gasteiger charge is -2.00. The van der Waals surface area contributed by atoms with E-state index in [1.54, 1.807) is 0 Å². The second-order valence-electron chi connectivity index (χ2n) is 6.79. The Morgan fingerprint density at radius 1 is 0.615 bits per heavy atom. The summed E-state index contributed by atoms with van der Waals surface area (Å²) in [7, 11) is 0. The van der Waals surface area contributed by atoms with Gasteiger partial charge in [-0.2, -0.15) is 0 Å². The summed E-state index contributed by atoms with van der Waals surface area (Å²) in [6.07, 6.45) is 33.2. The molecule has 0 aliphatic heterocycles. The van der Waals surface area contributed by atoms with Crippen molar-refractivity contribution < 1.29 is 9.90 Å². The van der Waals surface area contributed by atoms with Crippen molar-refractivity contribution in [3.05, 3.63) is 48.6 Å². The lowest BCUT2D eigenvalue weighted by molar-refractivity contribution is -0.137. The van der Waals surface area contributed by atoms with Crippen molar-refractivity contribution in [1.82, 2.24) is 0 Å². The van der Waals surface area contributed by atoms with Crippen molar-refractivity contribution in [2.45, 2.75) is 96.8 Å². The molecular formula is C24H40O2. The molecule has 2 nitrogen and oxygen atoms in total. The van der Waals surface area contributed by atoms with E-state index in [9.17, 15) is 4.79 Å². The Morgan fingerprint density at radius 2 is 1.04 bits per heavy atom. The molecule has 0 saturated carbocycles. The molecule has 0 aromatic heterocycles. The number of carboxylic acid groups (broad SMARTS) is 1. The molecule has 0 spiro atoms. The van der Waals surface area contributed by atoms with Crippen molar-refractivity contribution in [3.63, 3.8) is 0 Å². The zero-order valence-corrected chi connectivity index (χ0v) is 16.9. The highest BCUT2D eigenvalue weighted by molar-refractivity contribution is 5.66. The summed E-state index contributed by atoms with van der Waals surface area (Å²) >= 11 is 0. The summed E-state index contributed by atoms with van der Waals surface area (Å²) in [5, 5.41) is 8.56. The summed E-state index contributed by atoms with van der Waals surface area (Å²) < 4.78 is 0. The van der Waals surface area contributed by atoms with Crippen LogP contribution >= 0.6 is 0 Å². The van der Waals surface area contributed by atoms with Gasteiger partial charge in [0.1, 0.15) is 0 Å². The van der Waals surface area contributed by atoms with Crippen LogP contribution in [-0.2, 0) is 4.79 Å². The first-order valence-electron chi connectivity index (χ1n) is 10.6. The number of unbranched alkanes of at least 4 members (excludes halogenated alkanes) is 8. The molecule has 0 bridgehead atoms. The first-order valence-corrected chi connectivity index (χ1v) is 10.6. The van der Waals surface area contributed by atoms with Gasteiger partial charge in [0.25, 0.3) is 0 Å². The molecule has 0 heterocycles. The van der Waals surface area contributed by atoms with Crippen molar-refractivity contribution in [1.29, 1.82) is 0 Å². The largest absolute Gasteiger partial charge is 0.481 e. The number of rotatable bonds is 18. The van der Waals surface area contributed by atoms with Crippen LogP contribution in [0.5, 0.6) is 0 Å². The van der Waals surface area contributed by atoms with Crippen LogP contribution in [0.4, 0.5) is 0 Å². The van der Waals surface area contributed by atoms with Crippen LogP contribution in [-0.4, -0.2) is 11.1 Å². The lowest BCUT2D eigenvalue weighted by Crippen LogP contribution is -1.93. The smallest absolute Gasteiger partial charge is 0.303 e. The van der Waals surface area contributed by atoms with Gasteiger partial charge in [-0.05, 0) is 44.9 Å². The average molecular weight is 361 g/mol. The monoisotopic (exact) mass is 360 g/mol. The predicted molar refractivity (Wildman–Crippen MR) is 115 cm³/mol. The molecule has 0 aliphatic rings. The Morgan fingerprint density at radius 3 is 1.54 bits per heavy atom. The van der Waals surface area contributed by atoms with E-state index in [0.29, 0.717) is 6.42 Å². The highest BCUT2D eigenvalue weighted by Gasteiger charge is 1.96. The van der Waals surface area contributed by atoms with Crippen LogP contribution in [0.1, 0.15) is 96.8 Å². The molecule has 0 radical (unpaired) electrons. The standard InChI is InChI=1S/C24H40O2/c1-2-3-4-5-6-7-8-9-10-11-12-13-14-15-16-17-18-19-20-21-22-23-24(25)26/h4-5,7-8,10-11,13-14H,2-3,6,9,12,15-23H2,1H3,(H,25,26). The van der Waals surface area contributed by atoms with Crippen LogP contribution in [0, 0.1) is 0 Å². The molecule has 0 aromatic rings. The van der Waals surface area contributed by atoms with Crippen molar-refractivity contribution >= 4 is 5.97 Å². The normalized spacial score (nSPS) is 12.3. The second kappa shape index (κ2) is 21.5. The van der Waals surface area contributed by atoms with E-state index >= 15 is 0 Å². The fourth-order valence-electron chi connectivity index (χ4n) is 2.64. The predicted octanol–water partition coefficient (Wildman–Crippen LogP) is 7.78. The molecule has 1 N–H and O–H groups in total.